The fraction of sp³-hybridized carbons (Fsp3) is 0.667. The van der Waals surface area contributed by atoms with E-state index < -0.39 is 0 Å². The number of nitrogens with one attached hydrogen (secondary N) is 1. The van der Waals surface area contributed by atoms with Crippen molar-refractivity contribution >= 4 is 17.8 Å². The Morgan fingerprint density at radius 3 is 2.75 bits per heavy atom. The third-order valence-corrected chi connectivity index (χ3v) is 3.06. The predicted molar refractivity (Wildman–Crippen MR) is 75.0 cm³/mol. The molecule has 1 N–H and O–H groups in total. The molecule has 2 heterocycles. The van der Waals surface area contributed by atoms with Crippen molar-refractivity contribution in [2.24, 2.45) is 0 Å². The van der Waals surface area contributed by atoms with Gasteiger partial charge in [0.1, 0.15) is 0 Å². The van der Waals surface area contributed by atoms with Crippen LogP contribution in [0, 0.1) is 0 Å². The average molecular weight is 280 g/mol. The number of methoxy groups -OCH3 is 1. The maximum Gasteiger partial charge on any atom is 0.322 e. The molecule has 8 heteroatoms. The Bertz CT molecular complexity index is 481. The maximum atomic E-state index is 11.8. The smallest absolute Gasteiger partial charge is 0.322 e. The molecular formula is C12H20N6O2. The van der Waals surface area contributed by atoms with E-state index in [-0.39, 0.29) is 18.5 Å². The first-order valence-corrected chi connectivity index (χ1v) is 6.67. The standard InChI is InChI=1S/C12H20N6O2/c1-4-5-13-10-14-11(16-12(15-10)20-3)18-7-6-17(2)9(19)8-18/h4-8H2,1-3H3,(H,13,14,15,16). The summed E-state index contributed by atoms with van der Waals surface area (Å²) in [6, 6.07) is 0.250. The molecule has 1 fully saturated rings. The summed E-state index contributed by atoms with van der Waals surface area (Å²) in [5, 5.41) is 3.10. The van der Waals surface area contributed by atoms with E-state index in [9.17, 15) is 4.79 Å². The first kappa shape index (κ1) is 14.3. The van der Waals surface area contributed by atoms with Gasteiger partial charge in [-0.15, -0.1) is 0 Å². The number of hydrogen-bond donors (Lipinski definition) is 1. The lowest BCUT2D eigenvalue weighted by atomic mass is 10.3. The molecule has 0 atom stereocenters. The van der Waals surface area contributed by atoms with Crippen LogP contribution in [0.4, 0.5) is 11.9 Å². The summed E-state index contributed by atoms with van der Waals surface area (Å²) in [7, 11) is 3.31. The van der Waals surface area contributed by atoms with E-state index >= 15 is 0 Å². The number of carbonyl (C=O) groups is 1. The van der Waals surface area contributed by atoms with Gasteiger partial charge < -0.3 is 19.9 Å². The molecule has 1 aromatic heterocycles. The Morgan fingerprint density at radius 1 is 1.30 bits per heavy atom. The highest BCUT2D eigenvalue weighted by molar-refractivity contribution is 5.81. The molecule has 0 unspecified atom stereocenters. The molecule has 110 valence electrons. The van der Waals surface area contributed by atoms with Gasteiger partial charge in [0, 0.05) is 26.7 Å². The normalized spacial score (nSPS) is 15.4. The van der Waals surface area contributed by atoms with Crippen molar-refractivity contribution in [1.29, 1.82) is 0 Å². The number of aromatic nitrogens is 3. The molecule has 0 bridgehead atoms. The molecule has 1 aromatic rings. The third kappa shape index (κ3) is 3.25. The van der Waals surface area contributed by atoms with E-state index in [4.69, 9.17) is 4.74 Å². The average Bonchev–Trinajstić information content (AvgIpc) is 2.47. The second-order valence-corrected chi connectivity index (χ2v) is 4.61. The second-order valence-electron chi connectivity index (χ2n) is 4.61. The van der Waals surface area contributed by atoms with Crippen molar-refractivity contribution in [1.82, 2.24) is 19.9 Å². The summed E-state index contributed by atoms with van der Waals surface area (Å²) in [4.78, 5) is 28.0. The van der Waals surface area contributed by atoms with Crippen LogP contribution in [0.2, 0.25) is 0 Å². The molecule has 2 rings (SSSR count). The van der Waals surface area contributed by atoms with E-state index in [0.717, 1.165) is 13.0 Å². The zero-order valence-corrected chi connectivity index (χ0v) is 12.1. The minimum atomic E-state index is 0.0543. The second kappa shape index (κ2) is 6.36. The van der Waals surface area contributed by atoms with Gasteiger partial charge in [0.25, 0.3) is 0 Å². The van der Waals surface area contributed by atoms with Gasteiger partial charge in [-0.25, -0.2) is 0 Å². The molecule has 1 amide bonds. The zero-order valence-electron chi connectivity index (χ0n) is 12.1. The summed E-state index contributed by atoms with van der Waals surface area (Å²) in [5.41, 5.74) is 0. The number of carbonyl (C=O) groups excluding carboxylic acids is 1. The molecule has 1 saturated heterocycles. The summed E-state index contributed by atoms with van der Waals surface area (Å²) in [6.07, 6.45) is 0.969. The molecule has 20 heavy (non-hydrogen) atoms. The van der Waals surface area contributed by atoms with Gasteiger partial charge in [-0.3, -0.25) is 4.79 Å². The summed E-state index contributed by atoms with van der Waals surface area (Å²) >= 11 is 0. The van der Waals surface area contributed by atoms with E-state index in [0.29, 0.717) is 25.0 Å². The molecule has 1 aliphatic rings. The van der Waals surface area contributed by atoms with Gasteiger partial charge in [0.2, 0.25) is 17.8 Å². The van der Waals surface area contributed by atoms with Crippen LogP contribution < -0.4 is 15.0 Å². The van der Waals surface area contributed by atoms with Crippen LogP contribution in [0.1, 0.15) is 13.3 Å². The summed E-state index contributed by atoms with van der Waals surface area (Å²) in [5.74, 6) is 0.996. The fourth-order valence-corrected chi connectivity index (χ4v) is 1.82. The Hall–Kier alpha value is -2.12. The van der Waals surface area contributed by atoms with Crippen LogP contribution >= 0.6 is 0 Å². The van der Waals surface area contributed by atoms with E-state index in [1.165, 1.54) is 7.11 Å². The maximum absolute atomic E-state index is 11.8. The van der Waals surface area contributed by atoms with Crippen LogP contribution in [-0.2, 0) is 4.79 Å². The highest BCUT2D eigenvalue weighted by Crippen LogP contribution is 2.16. The summed E-state index contributed by atoms with van der Waals surface area (Å²) in [6.45, 7) is 4.46. The van der Waals surface area contributed by atoms with Crippen LogP contribution in [0.3, 0.4) is 0 Å². The van der Waals surface area contributed by atoms with Crippen LogP contribution in [0.15, 0.2) is 0 Å². The zero-order chi connectivity index (χ0) is 14.5. The molecule has 0 aliphatic carbocycles. The van der Waals surface area contributed by atoms with Gasteiger partial charge in [0.05, 0.1) is 13.7 Å². The lowest BCUT2D eigenvalue weighted by Crippen LogP contribution is -2.49. The van der Waals surface area contributed by atoms with Crippen molar-refractivity contribution in [3.63, 3.8) is 0 Å². The number of anilines is 2. The number of rotatable bonds is 5. The Morgan fingerprint density at radius 2 is 2.10 bits per heavy atom. The predicted octanol–water partition coefficient (Wildman–Crippen LogP) is -0.0195. The lowest BCUT2D eigenvalue weighted by molar-refractivity contribution is -0.129. The van der Waals surface area contributed by atoms with Crippen molar-refractivity contribution in [3.8, 4) is 6.01 Å². The van der Waals surface area contributed by atoms with Crippen molar-refractivity contribution in [2.75, 3.05) is 50.6 Å². The van der Waals surface area contributed by atoms with Gasteiger partial charge in [-0.2, -0.15) is 15.0 Å². The molecule has 0 aromatic carbocycles. The van der Waals surface area contributed by atoms with Crippen LogP contribution in [0.25, 0.3) is 0 Å². The van der Waals surface area contributed by atoms with Gasteiger partial charge in [-0.1, -0.05) is 6.92 Å². The van der Waals surface area contributed by atoms with Crippen molar-refractivity contribution < 1.29 is 9.53 Å². The molecule has 0 radical (unpaired) electrons. The quantitative estimate of drug-likeness (QED) is 0.811. The fourth-order valence-electron chi connectivity index (χ4n) is 1.82. The topological polar surface area (TPSA) is 83.5 Å². The molecule has 8 nitrogen and oxygen atoms in total. The van der Waals surface area contributed by atoms with Gasteiger partial charge in [0.15, 0.2) is 0 Å². The first-order chi connectivity index (χ1) is 9.63. The number of amides is 1. The van der Waals surface area contributed by atoms with Crippen LogP contribution in [0.5, 0.6) is 6.01 Å². The highest BCUT2D eigenvalue weighted by atomic mass is 16.5. The minimum absolute atomic E-state index is 0.0543. The number of nitrogens with zero attached hydrogens (tertiary/aromatic N) is 5. The van der Waals surface area contributed by atoms with Gasteiger partial charge in [-0.05, 0) is 6.42 Å². The summed E-state index contributed by atoms with van der Waals surface area (Å²) < 4.78 is 5.09. The third-order valence-electron chi connectivity index (χ3n) is 3.06. The highest BCUT2D eigenvalue weighted by Gasteiger charge is 2.24. The van der Waals surface area contributed by atoms with Crippen LogP contribution in [-0.4, -0.2) is 66.1 Å². The molecule has 1 aliphatic heterocycles. The van der Waals surface area contributed by atoms with Gasteiger partial charge >= 0.3 is 6.01 Å². The van der Waals surface area contributed by atoms with Crippen molar-refractivity contribution in [2.45, 2.75) is 13.3 Å². The number of hydrogen-bond acceptors (Lipinski definition) is 7. The monoisotopic (exact) mass is 280 g/mol. The Kier molecular flexibility index (Phi) is 4.54. The number of ether oxygens (including phenoxy) is 1. The number of likely N-dealkylation sites (N-methyl/N-ethyl adjacent to an activating group) is 1. The first-order valence-electron chi connectivity index (χ1n) is 6.67. The molecular weight excluding hydrogens is 260 g/mol. The molecule has 0 saturated carbocycles. The van der Waals surface area contributed by atoms with Crippen molar-refractivity contribution in [3.05, 3.63) is 0 Å². The Balaban J connectivity index is 2.19. The van der Waals surface area contributed by atoms with E-state index in [1.807, 2.05) is 4.90 Å². The Labute approximate surface area is 118 Å². The SMILES string of the molecule is CCCNc1nc(OC)nc(N2CCN(C)C(=O)C2)n1. The molecule has 0 spiro atoms. The largest absolute Gasteiger partial charge is 0.467 e. The van der Waals surface area contributed by atoms with E-state index in [1.54, 1.807) is 11.9 Å². The van der Waals surface area contributed by atoms with E-state index in [2.05, 4.69) is 27.2 Å². The lowest BCUT2D eigenvalue weighted by Gasteiger charge is -2.31. The number of piperazine rings is 1. The minimum Gasteiger partial charge on any atom is -0.467 e.